The lowest BCUT2D eigenvalue weighted by Crippen LogP contribution is -2.43. The van der Waals surface area contributed by atoms with Crippen molar-refractivity contribution in [3.63, 3.8) is 0 Å². The minimum atomic E-state index is -0.885. The van der Waals surface area contributed by atoms with Crippen LogP contribution < -0.4 is 21.3 Å². The van der Waals surface area contributed by atoms with E-state index < -0.39 is 18.1 Å². The maximum Gasteiger partial charge on any atom is 0.177 e. The van der Waals surface area contributed by atoms with Gasteiger partial charge in [-0.2, -0.15) is 26.3 Å². The Labute approximate surface area is 175 Å². The quantitative estimate of drug-likeness (QED) is 0.474. The van der Waals surface area contributed by atoms with Crippen molar-refractivity contribution in [2.24, 2.45) is 4.99 Å². The Kier molecular flexibility index (Phi) is 3.82. The van der Waals surface area contributed by atoms with Gasteiger partial charge in [-0.3, -0.25) is 0 Å². The molecular formula is C19H10N12. The third-order valence-corrected chi connectivity index (χ3v) is 5.30. The third kappa shape index (κ3) is 2.56. The SMILES string of the molecule is N#CC1=Nc2c(c3c(c4nc(C#N)c(C#N)nc24)NC(C#N)C(C#N)N3)NC1C1CN1. The minimum Gasteiger partial charge on any atom is -0.371 e. The molecule has 1 aromatic carbocycles. The second-order valence-electron chi connectivity index (χ2n) is 7.06. The number of hydrogen-bond acceptors (Lipinski definition) is 12. The summed E-state index contributed by atoms with van der Waals surface area (Å²) in [4.78, 5) is 13.1. The van der Waals surface area contributed by atoms with Crippen molar-refractivity contribution >= 4 is 39.5 Å². The monoisotopic (exact) mass is 406 g/mol. The molecule has 0 radical (unpaired) electrons. The molecule has 4 atom stereocenters. The second-order valence-corrected chi connectivity index (χ2v) is 7.06. The van der Waals surface area contributed by atoms with Crippen molar-refractivity contribution in [2.45, 2.75) is 24.2 Å². The van der Waals surface area contributed by atoms with Gasteiger partial charge in [0.15, 0.2) is 11.4 Å². The lowest BCUT2D eigenvalue weighted by atomic mass is 9.98. The van der Waals surface area contributed by atoms with Gasteiger partial charge in [0.2, 0.25) is 0 Å². The normalized spacial score (nSPS) is 24.7. The van der Waals surface area contributed by atoms with E-state index in [-0.39, 0.29) is 39.9 Å². The van der Waals surface area contributed by atoms with Crippen LogP contribution in [0.4, 0.5) is 22.7 Å². The Morgan fingerprint density at radius 1 is 0.742 bits per heavy atom. The van der Waals surface area contributed by atoms with E-state index in [4.69, 9.17) is 0 Å². The summed E-state index contributed by atoms with van der Waals surface area (Å²) in [6, 6.07) is 7.77. The van der Waals surface area contributed by atoms with Gasteiger partial charge in [0.05, 0.1) is 35.2 Å². The van der Waals surface area contributed by atoms with Crippen molar-refractivity contribution in [1.29, 1.82) is 26.3 Å². The molecule has 31 heavy (non-hydrogen) atoms. The Morgan fingerprint density at radius 2 is 1.35 bits per heavy atom. The molecule has 1 aromatic heterocycles. The molecule has 0 spiro atoms. The highest BCUT2D eigenvalue weighted by Crippen LogP contribution is 2.49. The van der Waals surface area contributed by atoms with Crippen LogP contribution in [-0.2, 0) is 0 Å². The number of nitrogens with zero attached hydrogens (tertiary/aromatic N) is 8. The predicted octanol–water partition coefficient (Wildman–Crippen LogP) is 0.357. The summed E-state index contributed by atoms with van der Waals surface area (Å²) in [6.45, 7) is 0.719. The number of nitrogens with one attached hydrogen (secondary N) is 4. The Bertz CT molecular complexity index is 1400. The zero-order valence-corrected chi connectivity index (χ0v) is 15.6. The largest absolute Gasteiger partial charge is 0.371 e. The van der Waals surface area contributed by atoms with E-state index in [0.717, 1.165) is 6.54 Å². The molecule has 0 amide bonds. The molecule has 3 aliphatic rings. The molecule has 4 N–H and O–H groups in total. The zero-order chi connectivity index (χ0) is 21.7. The van der Waals surface area contributed by atoms with E-state index in [2.05, 4.69) is 48.4 Å². The number of aromatic nitrogens is 2. The second kappa shape index (κ2) is 6.54. The fourth-order valence-electron chi connectivity index (χ4n) is 3.74. The van der Waals surface area contributed by atoms with Gasteiger partial charge in [0, 0.05) is 12.6 Å². The molecule has 0 aliphatic carbocycles. The van der Waals surface area contributed by atoms with E-state index in [1.54, 1.807) is 0 Å². The molecule has 3 aliphatic heterocycles. The fourth-order valence-corrected chi connectivity index (χ4v) is 3.74. The zero-order valence-electron chi connectivity index (χ0n) is 15.6. The van der Waals surface area contributed by atoms with Crippen LogP contribution in [0, 0.1) is 56.7 Å². The first-order chi connectivity index (χ1) is 15.1. The average Bonchev–Trinajstić information content (AvgIpc) is 3.66. The molecule has 0 saturated carbocycles. The Morgan fingerprint density at radius 3 is 1.90 bits per heavy atom. The van der Waals surface area contributed by atoms with Gasteiger partial charge in [0.25, 0.3) is 0 Å². The highest BCUT2D eigenvalue weighted by Gasteiger charge is 2.41. The smallest absolute Gasteiger partial charge is 0.177 e. The number of aliphatic imine (C=N–C) groups is 1. The maximum absolute atomic E-state index is 9.62. The number of fused-ring (bicyclic) bond motifs is 6. The lowest BCUT2D eigenvalue weighted by Gasteiger charge is -2.34. The van der Waals surface area contributed by atoms with Gasteiger partial charge in [0.1, 0.15) is 52.7 Å². The van der Waals surface area contributed by atoms with Crippen LogP contribution in [0.5, 0.6) is 0 Å². The number of hydrogen-bond donors (Lipinski definition) is 4. The summed E-state index contributed by atoms with van der Waals surface area (Å²) < 4.78 is 0. The summed E-state index contributed by atoms with van der Waals surface area (Å²) >= 11 is 0. The van der Waals surface area contributed by atoms with E-state index >= 15 is 0 Å². The summed E-state index contributed by atoms with van der Waals surface area (Å²) in [5, 5.41) is 59.9. The number of nitriles is 5. The topological polar surface area (TPSA) is 215 Å². The molecule has 2 aromatic rings. The molecular weight excluding hydrogens is 396 g/mol. The summed E-state index contributed by atoms with van der Waals surface area (Å²) in [5.41, 5.74) is 1.86. The molecule has 4 heterocycles. The Hall–Kier alpha value is -4.96. The number of benzene rings is 1. The highest BCUT2D eigenvalue weighted by atomic mass is 15.2. The van der Waals surface area contributed by atoms with Crippen LogP contribution in [0.2, 0.25) is 0 Å². The van der Waals surface area contributed by atoms with Crippen LogP contribution in [0.1, 0.15) is 11.4 Å². The molecule has 12 nitrogen and oxygen atoms in total. The van der Waals surface area contributed by atoms with Crippen LogP contribution >= 0.6 is 0 Å². The van der Waals surface area contributed by atoms with E-state index in [1.807, 2.05) is 18.2 Å². The summed E-state index contributed by atoms with van der Waals surface area (Å²) in [6.07, 6.45) is 0. The summed E-state index contributed by atoms with van der Waals surface area (Å²) in [7, 11) is 0. The fraction of sp³-hybridized carbons (Fsp3) is 0.263. The minimum absolute atomic E-state index is 0.0229. The van der Waals surface area contributed by atoms with E-state index in [0.29, 0.717) is 17.1 Å². The van der Waals surface area contributed by atoms with Crippen LogP contribution in [0.3, 0.4) is 0 Å². The van der Waals surface area contributed by atoms with Gasteiger partial charge in [-0.15, -0.1) is 0 Å². The van der Waals surface area contributed by atoms with Crippen LogP contribution in [-0.4, -0.2) is 46.4 Å². The first kappa shape index (κ1) is 18.1. The van der Waals surface area contributed by atoms with E-state index in [1.165, 1.54) is 0 Å². The predicted molar refractivity (Wildman–Crippen MR) is 107 cm³/mol. The average molecular weight is 406 g/mol. The first-order valence-electron chi connectivity index (χ1n) is 9.16. The van der Waals surface area contributed by atoms with Crippen molar-refractivity contribution in [3.8, 4) is 30.3 Å². The lowest BCUT2D eigenvalue weighted by molar-refractivity contribution is 0.792. The van der Waals surface area contributed by atoms with Crippen molar-refractivity contribution in [3.05, 3.63) is 11.4 Å². The van der Waals surface area contributed by atoms with Crippen molar-refractivity contribution in [2.75, 3.05) is 22.5 Å². The van der Waals surface area contributed by atoms with Gasteiger partial charge >= 0.3 is 0 Å². The molecule has 0 bridgehead atoms. The molecule has 1 saturated heterocycles. The van der Waals surface area contributed by atoms with Crippen molar-refractivity contribution < 1.29 is 0 Å². The van der Waals surface area contributed by atoms with E-state index in [9.17, 15) is 26.3 Å². The molecule has 5 rings (SSSR count). The van der Waals surface area contributed by atoms with Crippen LogP contribution in [0.15, 0.2) is 4.99 Å². The molecule has 146 valence electrons. The maximum atomic E-state index is 9.62. The summed E-state index contributed by atoms with van der Waals surface area (Å²) in [5.74, 6) is 0. The van der Waals surface area contributed by atoms with Gasteiger partial charge in [-0.05, 0) is 0 Å². The molecule has 1 fully saturated rings. The Balaban J connectivity index is 1.86. The van der Waals surface area contributed by atoms with Gasteiger partial charge in [-0.1, -0.05) is 0 Å². The third-order valence-electron chi connectivity index (χ3n) is 5.30. The highest BCUT2D eigenvalue weighted by molar-refractivity contribution is 6.18. The number of anilines is 3. The molecule has 12 heteroatoms. The standard InChI is InChI=1S/C19H10N12/c20-1-7-8(2-21)28-16-14(26-7)15-17(29-10(4-23)9(3-22)27-15)19-18(16)30-11(5-24)13(31-19)12-6-25-12/h9-10,12-13,25,27,29,31H,6H2. The first-order valence-corrected chi connectivity index (χ1v) is 9.16. The van der Waals surface area contributed by atoms with Crippen molar-refractivity contribution in [1.82, 2.24) is 15.3 Å². The number of rotatable bonds is 1. The molecule has 4 unspecified atom stereocenters. The van der Waals surface area contributed by atoms with Gasteiger partial charge in [-0.25, -0.2) is 15.0 Å². The van der Waals surface area contributed by atoms with Crippen LogP contribution in [0.25, 0.3) is 11.0 Å². The van der Waals surface area contributed by atoms with Gasteiger partial charge < -0.3 is 21.3 Å².